The molecule has 0 aromatic rings. The number of aliphatic hydroxyl groups is 3. The van der Waals surface area contributed by atoms with Crippen molar-refractivity contribution in [2.75, 3.05) is 138 Å². The van der Waals surface area contributed by atoms with Crippen molar-refractivity contribution in [2.24, 2.45) is 0 Å². The van der Waals surface area contributed by atoms with Gasteiger partial charge in [-0.05, 0) is 41.5 Å². The molecule has 0 amide bonds. The van der Waals surface area contributed by atoms with Gasteiger partial charge >= 0.3 is 0 Å². The monoisotopic (exact) mass is 609 g/mol. The summed E-state index contributed by atoms with van der Waals surface area (Å²) in [4.78, 5) is 6.66. The largest absolute Gasteiger partial charge is 0.384 e. The molecule has 0 aromatic carbocycles. The zero-order chi connectivity index (χ0) is 31.3. The number of rotatable bonds is 24. The van der Waals surface area contributed by atoms with Crippen LogP contribution in [0.2, 0.25) is 0 Å². The zero-order valence-electron chi connectivity index (χ0n) is 27.5. The molecule has 0 aliphatic carbocycles. The van der Waals surface area contributed by atoms with Crippen molar-refractivity contribution in [3.05, 3.63) is 0 Å². The molecule has 1 fully saturated rings. The third-order valence-electron chi connectivity index (χ3n) is 7.20. The van der Waals surface area contributed by atoms with E-state index in [1.807, 2.05) is 41.5 Å². The lowest BCUT2D eigenvalue weighted by molar-refractivity contribution is -0.112. The summed E-state index contributed by atoms with van der Waals surface area (Å²) in [5.74, 6) is 0. The fraction of sp³-hybridized carbons (Fsp3) is 1.00. The minimum Gasteiger partial charge on any atom is -0.384 e. The molecule has 1 aliphatic heterocycles. The van der Waals surface area contributed by atoms with Crippen LogP contribution in [0.15, 0.2) is 0 Å². The van der Waals surface area contributed by atoms with Crippen LogP contribution in [-0.2, 0) is 28.4 Å². The van der Waals surface area contributed by atoms with E-state index in [4.69, 9.17) is 28.4 Å². The predicted molar refractivity (Wildman–Crippen MR) is 163 cm³/mol. The number of nitrogens with zero attached hydrogens (tertiary/aromatic N) is 3. The summed E-state index contributed by atoms with van der Waals surface area (Å²) in [6.07, 6.45) is 0. The van der Waals surface area contributed by atoms with Crippen LogP contribution in [0.25, 0.3) is 0 Å². The second-order valence-corrected chi connectivity index (χ2v) is 11.3. The molecule has 0 saturated carbocycles. The van der Waals surface area contributed by atoms with Crippen molar-refractivity contribution >= 4 is 0 Å². The maximum absolute atomic E-state index is 11.5. The maximum Gasteiger partial charge on any atom is 0.124 e. The van der Waals surface area contributed by atoms with Crippen molar-refractivity contribution in [3.63, 3.8) is 0 Å². The molecule has 0 spiro atoms. The molecule has 1 saturated heterocycles. The van der Waals surface area contributed by atoms with E-state index in [9.17, 15) is 15.3 Å². The Balaban J connectivity index is 3.21. The molecule has 42 heavy (non-hydrogen) atoms. The van der Waals surface area contributed by atoms with E-state index < -0.39 is 16.8 Å². The summed E-state index contributed by atoms with van der Waals surface area (Å²) in [5.41, 5.74) is -3.48. The Hall–Kier alpha value is -0.480. The van der Waals surface area contributed by atoms with E-state index in [0.29, 0.717) is 98.5 Å². The summed E-state index contributed by atoms with van der Waals surface area (Å²) < 4.78 is 33.9. The first-order chi connectivity index (χ1) is 20.1. The summed E-state index contributed by atoms with van der Waals surface area (Å²) >= 11 is 0. The Bertz CT molecular complexity index is 540. The lowest BCUT2D eigenvalue weighted by Gasteiger charge is -2.36. The van der Waals surface area contributed by atoms with Crippen LogP contribution >= 0.6 is 0 Å². The van der Waals surface area contributed by atoms with Crippen LogP contribution in [0.4, 0.5) is 0 Å². The summed E-state index contributed by atoms with van der Waals surface area (Å²) in [6.45, 7) is 20.8. The zero-order valence-corrected chi connectivity index (χ0v) is 27.5. The SMILES string of the molecule is CCOCC(O)(COCC)CN1CCN(CC(O)(COCC)COCC)CCN(CC(O)(COCC)COCC)CC1. The average Bonchev–Trinajstić information content (AvgIpc) is 3.06. The lowest BCUT2D eigenvalue weighted by Crippen LogP contribution is -2.53. The van der Waals surface area contributed by atoms with Crippen LogP contribution in [0.3, 0.4) is 0 Å². The fourth-order valence-corrected chi connectivity index (χ4v) is 5.06. The Labute approximate surface area is 255 Å². The molecular weight excluding hydrogens is 546 g/mol. The summed E-state index contributed by atoms with van der Waals surface area (Å²) in [5, 5.41) is 34.5. The summed E-state index contributed by atoms with van der Waals surface area (Å²) in [6, 6.07) is 0. The van der Waals surface area contributed by atoms with Crippen molar-refractivity contribution in [2.45, 2.75) is 58.3 Å². The van der Waals surface area contributed by atoms with Gasteiger partial charge in [0, 0.05) is 98.5 Å². The molecule has 0 unspecified atom stereocenters. The molecule has 3 N–H and O–H groups in total. The van der Waals surface area contributed by atoms with Gasteiger partial charge in [0.1, 0.15) is 16.8 Å². The van der Waals surface area contributed by atoms with Crippen LogP contribution in [0.1, 0.15) is 41.5 Å². The Morgan fingerprint density at radius 1 is 0.381 bits per heavy atom. The highest BCUT2D eigenvalue weighted by atomic mass is 16.5. The topological polar surface area (TPSA) is 126 Å². The highest BCUT2D eigenvalue weighted by Crippen LogP contribution is 2.16. The number of ether oxygens (including phenoxy) is 6. The maximum atomic E-state index is 11.5. The van der Waals surface area contributed by atoms with Gasteiger partial charge in [-0.2, -0.15) is 0 Å². The molecule has 0 bridgehead atoms. The third-order valence-corrected chi connectivity index (χ3v) is 7.20. The average molecular weight is 610 g/mol. The molecule has 0 aromatic heterocycles. The van der Waals surface area contributed by atoms with Gasteiger partial charge < -0.3 is 43.7 Å². The Morgan fingerprint density at radius 2 is 0.548 bits per heavy atom. The molecule has 1 heterocycles. The molecule has 0 radical (unpaired) electrons. The second kappa shape index (κ2) is 22.1. The van der Waals surface area contributed by atoms with Crippen LogP contribution < -0.4 is 0 Å². The van der Waals surface area contributed by atoms with Crippen LogP contribution in [-0.4, -0.2) is 185 Å². The molecule has 12 nitrogen and oxygen atoms in total. The van der Waals surface area contributed by atoms with Crippen molar-refractivity contribution < 1.29 is 43.7 Å². The van der Waals surface area contributed by atoms with Crippen LogP contribution in [0, 0.1) is 0 Å². The molecular formula is C30H63N3O9. The first kappa shape index (κ1) is 39.5. The van der Waals surface area contributed by atoms with Crippen molar-refractivity contribution in [1.82, 2.24) is 14.7 Å². The molecule has 252 valence electrons. The first-order valence-electron chi connectivity index (χ1n) is 15.9. The van der Waals surface area contributed by atoms with E-state index in [1.54, 1.807) is 0 Å². The molecule has 0 atom stereocenters. The van der Waals surface area contributed by atoms with Gasteiger partial charge in [0.15, 0.2) is 0 Å². The van der Waals surface area contributed by atoms with E-state index in [1.165, 1.54) is 0 Å². The van der Waals surface area contributed by atoms with E-state index in [0.717, 1.165) is 0 Å². The standard InChI is InChI=1S/C30H63N3O9/c1-7-37-22-28(34,23-38-8-2)19-31-13-15-32(20-29(35,24-39-9-3)25-40-10-4)17-18-33(16-14-31)21-30(36,26-41-11-5)27-42-12-6/h34-36H,7-27H2,1-6H3. The highest BCUT2D eigenvalue weighted by molar-refractivity contribution is 4.89. The minimum atomic E-state index is -1.16. The number of hydrogen-bond donors (Lipinski definition) is 3. The smallest absolute Gasteiger partial charge is 0.124 e. The summed E-state index contributed by atoms with van der Waals surface area (Å²) in [7, 11) is 0. The molecule has 1 rings (SSSR count). The first-order valence-corrected chi connectivity index (χ1v) is 15.9. The minimum absolute atomic E-state index is 0.179. The van der Waals surface area contributed by atoms with Gasteiger partial charge in [-0.25, -0.2) is 0 Å². The quantitative estimate of drug-likeness (QED) is 0.140. The van der Waals surface area contributed by atoms with Gasteiger partial charge in [0.25, 0.3) is 0 Å². The van der Waals surface area contributed by atoms with Gasteiger partial charge in [-0.15, -0.1) is 0 Å². The van der Waals surface area contributed by atoms with E-state index >= 15 is 0 Å². The van der Waals surface area contributed by atoms with E-state index in [-0.39, 0.29) is 39.6 Å². The Kier molecular flexibility index (Phi) is 20.8. The second-order valence-electron chi connectivity index (χ2n) is 11.3. The number of β-amino-alcohol motifs (C(OH)–C–C–N with tert-alkyl or cyclic N) is 3. The lowest BCUT2D eigenvalue weighted by atomic mass is 10.1. The molecule has 1 aliphatic rings. The van der Waals surface area contributed by atoms with E-state index in [2.05, 4.69) is 14.7 Å². The van der Waals surface area contributed by atoms with Gasteiger partial charge in [0.2, 0.25) is 0 Å². The van der Waals surface area contributed by atoms with Gasteiger partial charge in [-0.3, -0.25) is 14.7 Å². The normalized spacial score (nSPS) is 17.4. The Morgan fingerprint density at radius 3 is 0.690 bits per heavy atom. The fourth-order valence-electron chi connectivity index (χ4n) is 5.06. The van der Waals surface area contributed by atoms with Crippen LogP contribution in [0.5, 0.6) is 0 Å². The third kappa shape index (κ3) is 16.6. The number of hydrogen-bond acceptors (Lipinski definition) is 12. The van der Waals surface area contributed by atoms with Gasteiger partial charge in [-0.1, -0.05) is 0 Å². The highest BCUT2D eigenvalue weighted by Gasteiger charge is 2.35. The van der Waals surface area contributed by atoms with Crippen molar-refractivity contribution in [1.29, 1.82) is 0 Å². The van der Waals surface area contributed by atoms with Gasteiger partial charge in [0.05, 0.1) is 39.6 Å². The predicted octanol–water partition coefficient (Wildman–Crippen LogP) is 0.318. The van der Waals surface area contributed by atoms with Crippen molar-refractivity contribution in [3.8, 4) is 0 Å². The molecule has 12 heteroatoms.